The Morgan fingerprint density at radius 2 is 1.62 bits per heavy atom. The largest absolute Gasteiger partial charge is 0.418 e. The molecule has 6 nitrogen and oxygen atoms in total. The zero-order valence-corrected chi connectivity index (χ0v) is 24.8. The molecule has 1 amide bonds. The second-order valence-electron chi connectivity index (χ2n) is 11.8. The predicted octanol–water partition coefficient (Wildman–Crippen LogP) is 8.57. The number of amidine groups is 1. The molecule has 1 saturated carbocycles. The Labute approximate surface area is 258 Å². The van der Waals surface area contributed by atoms with E-state index in [2.05, 4.69) is 22.4 Å². The van der Waals surface area contributed by atoms with Crippen molar-refractivity contribution in [1.82, 2.24) is 4.98 Å². The van der Waals surface area contributed by atoms with Crippen molar-refractivity contribution in [3.8, 4) is 11.1 Å². The van der Waals surface area contributed by atoms with E-state index in [1.165, 1.54) is 11.6 Å². The van der Waals surface area contributed by atoms with E-state index < -0.39 is 29.2 Å². The van der Waals surface area contributed by atoms with Crippen LogP contribution in [-0.2, 0) is 11.0 Å². The van der Waals surface area contributed by atoms with E-state index in [1.807, 2.05) is 24.3 Å². The number of nitrogens with one attached hydrogen (secondary N) is 2. The number of ketones is 1. The molecule has 4 aromatic rings. The first-order valence-electron chi connectivity index (χ1n) is 14.9. The molecule has 0 bridgehead atoms. The van der Waals surface area contributed by atoms with E-state index in [0.29, 0.717) is 53.8 Å². The van der Waals surface area contributed by atoms with Crippen molar-refractivity contribution in [3.05, 3.63) is 94.9 Å². The van der Waals surface area contributed by atoms with Crippen molar-refractivity contribution in [2.24, 2.45) is 11.7 Å². The fourth-order valence-electron chi connectivity index (χ4n) is 6.12. The fraction of sp³-hybridized carbons (Fsp3) is 0.314. The molecule has 4 N–H and O–H groups in total. The van der Waals surface area contributed by atoms with Gasteiger partial charge < -0.3 is 11.1 Å². The number of anilines is 1. The Kier molecular flexibility index (Phi) is 9.32. The summed E-state index contributed by atoms with van der Waals surface area (Å²) in [6.45, 7) is 1.70. The highest BCUT2D eigenvalue weighted by molar-refractivity contribution is 6.13. The average molecular weight is 619 g/mol. The minimum Gasteiger partial charge on any atom is -0.388 e. The molecule has 1 fully saturated rings. The quantitative estimate of drug-likeness (QED) is 0.0992. The summed E-state index contributed by atoms with van der Waals surface area (Å²) in [5.41, 5.74) is 7.86. The Bertz CT molecular complexity index is 1740. The first kappa shape index (κ1) is 31.8. The van der Waals surface area contributed by atoms with E-state index in [1.54, 1.807) is 13.0 Å². The smallest absolute Gasteiger partial charge is 0.388 e. The number of nitrogens with zero attached hydrogens (tertiary/aromatic N) is 1. The van der Waals surface area contributed by atoms with Gasteiger partial charge in [0.1, 0.15) is 11.6 Å². The number of carbonyl (C=O) groups is 2. The topological polar surface area (TPSA) is 109 Å². The zero-order valence-electron chi connectivity index (χ0n) is 24.8. The third-order valence-corrected chi connectivity index (χ3v) is 8.47. The molecule has 0 spiro atoms. The summed E-state index contributed by atoms with van der Waals surface area (Å²) < 4.78 is 54.0. The van der Waals surface area contributed by atoms with Crippen molar-refractivity contribution >= 4 is 34.1 Å². The van der Waals surface area contributed by atoms with Crippen LogP contribution in [0.3, 0.4) is 0 Å². The van der Waals surface area contributed by atoms with E-state index in [9.17, 15) is 27.2 Å². The molecule has 1 aliphatic carbocycles. The number of halogens is 4. The van der Waals surface area contributed by atoms with Crippen LogP contribution in [0.15, 0.2) is 66.7 Å². The van der Waals surface area contributed by atoms with Crippen molar-refractivity contribution in [1.29, 1.82) is 5.41 Å². The summed E-state index contributed by atoms with van der Waals surface area (Å²) in [7, 11) is 0. The predicted molar refractivity (Wildman–Crippen MR) is 167 cm³/mol. The van der Waals surface area contributed by atoms with Gasteiger partial charge in [0, 0.05) is 30.3 Å². The molecule has 0 aliphatic heterocycles. The molecule has 0 radical (unpaired) electrons. The molecule has 0 atom stereocenters. The normalized spacial score (nSPS) is 16.8. The van der Waals surface area contributed by atoms with Gasteiger partial charge in [-0.1, -0.05) is 36.4 Å². The molecular formula is C35H34F4N4O2. The number of aromatic nitrogens is 1. The van der Waals surface area contributed by atoms with Crippen LogP contribution in [-0.4, -0.2) is 22.5 Å². The van der Waals surface area contributed by atoms with Crippen molar-refractivity contribution in [2.45, 2.75) is 64.0 Å². The lowest BCUT2D eigenvalue weighted by molar-refractivity contribution is -0.137. The van der Waals surface area contributed by atoms with Gasteiger partial charge in [0.05, 0.1) is 28.2 Å². The molecule has 1 aromatic heterocycles. The van der Waals surface area contributed by atoms with Gasteiger partial charge in [0.2, 0.25) is 0 Å². The van der Waals surface area contributed by atoms with Crippen LogP contribution in [0.25, 0.3) is 22.0 Å². The molecule has 1 heterocycles. The van der Waals surface area contributed by atoms with E-state index in [-0.39, 0.29) is 17.2 Å². The number of pyridine rings is 1. The monoisotopic (exact) mass is 618 g/mol. The second-order valence-corrected chi connectivity index (χ2v) is 11.8. The number of Topliss-reactive ketones (excluding diaryl/α,β-unsaturated/α-hetero) is 1. The van der Waals surface area contributed by atoms with Gasteiger partial charge in [-0.15, -0.1) is 0 Å². The number of rotatable bonds is 9. The number of fused-ring (bicyclic) bond motifs is 1. The number of hydrogen-bond donors (Lipinski definition) is 3. The van der Waals surface area contributed by atoms with Crippen LogP contribution < -0.4 is 11.1 Å². The maximum Gasteiger partial charge on any atom is 0.418 e. The number of hydrogen-bond acceptors (Lipinski definition) is 4. The molecule has 0 unspecified atom stereocenters. The van der Waals surface area contributed by atoms with Crippen LogP contribution in [0.2, 0.25) is 0 Å². The van der Waals surface area contributed by atoms with Crippen LogP contribution >= 0.6 is 0 Å². The first-order valence-corrected chi connectivity index (χ1v) is 14.9. The molecule has 5 rings (SSSR count). The van der Waals surface area contributed by atoms with Gasteiger partial charge in [0.25, 0.3) is 5.91 Å². The summed E-state index contributed by atoms with van der Waals surface area (Å²) >= 11 is 0. The van der Waals surface area contributed by atoms with E-state index in [0.717, 1.165) is 48.9 Å². The third kappa shape index (κ3) is 7.74. The minimum absolute atomic E-state index is 0.0483. The standard InChI is InChI=1S/C35H34F4N4O2/c1-20-16-29(34(45)43-31-14-11-26(36)19-30(31)35(37,38)39)28-13-10-25(18-32(28)42-20)24-8-6-23(7-9-24)22-4-2-21(3-5-22)17-27(44)12-15-33(40)41/h6-11,13-14,16,18-19,21-22H,2-5,12,15,17H2,1H3,(H3,40,41)(H,43,45). The van der Waals surface area contributed by atoms with Gasteiger partial charge >= 0.3 is 6.18 Å². The van der Waals surface area contributed by atoms with Crippen molar-refractivity contribution in [3.63, 3.8) is 0 Å². The van der Waals surface area contributed by atoms with Crippen LogP contribution in [0, 0.1) is 24.1 Å². The molecule has 45 heavy (non-hydrogen) atoms. The lowest BCUT2D eigenvalue weighted by Gasteiger charge is -2.28. The van der Waals surface area contributed by atoms with Gasteiger partial charge in [-0.05, 0) is 91.5 Å². The summed E-state index contributed by atoms with van der Waals surface area (Å²) in [6, 6.07) is 17.4. The number of benzene rings is 3. The van der Waals surface area contributed by atoms with E-state index in [4.69, 9.17) is 11.1 Å². The number of alkyl halides is 3. The summed E-state index contributed by atoms with van der Waals surface area (Å²) in [5.74, 6) is -0.785. The minimum atomic E-state index is -4.84. The van der Waals surface area contributed by atoms with Crippen molar-refractivity contribution < 1.29 is 27.2 Å². The summed E-state index contributed by atoms with van der Waals surface area (Å²) in [4.78, 5) is 29.9. The lowest BCUT2D eigenvalue weighted by atomic mass is 9.76. The molecular weight excluding hydrogens is 584 g/mol. The van der Waals surface area contributed by atoms with Crippen LogP contribution in [0.4, 0.5) is 23.2 Å². The fourth-order valence-corrected chi connectivity index (χ4v) is 6.12. The highest BCUT2D eigenvalue weighted by atomic mass is 19.4. The van der Waals surface area contributed by atoms with Crippen LogP contribution in [0.5, 0.6) is 0 Å². The SMILES string of the molecule is Cc1cc(C(=O)Nc2ccc(F)cc2C(F)(F)F)c2ccc(-c3ccc(C4CCC(CC(=O)CCC(=N)N)CC4)cc3)cc2n1. The zero-order chi connectivity index (χ0) is 32.3. The van der Waals surface area contributed by atoms with Crippen molar-refractivity contribution in [2.75, 3.05) is 5.32 Å². The van der Waals surface area contributed by atoms with Crippen LogP contribution in [0.1, 0.15) is 78.0 Å². The molecule has 234 valence electrons. The van der Waals surface area contributed by atoms with E-state index >= 15 is 0 Å². The Morgan fingerprint density at radius 1 is 0.933 bits per heavy atom. The number of aryl methyl sites for hydroxylation is 1. The molecule has 10 heteroatoms. The Morgan fingerprint density at radius 3 is 2.29 bits per heavy atom. The molecule has 1 aliphatic rings. The number of amides is 1. The summed E-state index contributed by atoms with van der Waals surface area (Å²) in [6.07, 6.45) is 0.376. The Hall–Kier alpha value is -4.60. The van der Waals surface area contributed by atoms with Gasteiger partial charge in [-0.25, -0.2) is 4.39 Å². The molecule has 0 saturated heterocycles. The molecule has 3 aromatic carbocycles. The number of nitrogens with two attached hydrogens (primary N) is 1. The summed E-state index contributed by atoms with van der Waals surface area (Å²) in [5, 5.41) is 10.1. The highest BCUT2D eigenvalue weighted by Crippen LogP contribution is 2.39. The maximum absolute atomic E-state index is 13.5. The number of carbonyl (C=O) groups excluding carboxylic acids is 2. The van der Waals surface area contributed by atoms with Gasteiger partial charge in [0.15, 0.2) is 0 Å². The van der Waals surface area contributed by atoms with Gasteiger partial charge in [-0.2, -0.15) is 13.2 Å². The lowest BCUT2D eigenvalue weighted by Crippen LogP contribution is -2.18. The average Bonchev–Trinajstić information content (AvgIpc) is 3.00. The maximum atomic E-state index is 13.5. The first-order chi connectivity index (χ1) is 21.4. The highest BCUT2D eigenvalue weighted by Gasteiger charge is 2.34. The second kappa shape index (κ2) is 13.2. The van der Waals surface area contributed by atoms with Gasteiger partial charge in [-0.3, -0.25) is 20.0 Å². The Balaban J connectivity index is 1.29. The third-order valence-electron chi connectivity index (χ3n) is 8.47.